The van der Waals surface area contributed by atoms with E-state index in [1.54, 1.807) is 0 Å². The molecule has 0 radical (unpaired) electrons. The van der Waals surface area contributed by atoms with Crippen molar-refractivity contribution in [1.29, 1.82) is 0 Å². The number of nitrogen functional groups attached to an aromatic ring is 1. The quantitative estimate of drug-likeness (QED) is 0.655. The number of hydrogen-bond donors (Lipinski definition) is 1. The molecule has 1 aliphatic carbocycles. The first-order valence-corrected chi connectivity index (χ1v) is 6.95. The van der Waals surface area contributed by atoms with E-state index >= 15 is 0 Å². The molecule has 88 valence electrons. The molecule has 1 aromatic rings. The van der Waals surface area contributed by atoms with Gasteiger partial charge in [0.15, 0.2) is 4.34 Å². The Kier molecular flexibility index (Phi) is 4.00. The Morgan fingerprint density at radius 3 is 2.88 bits per heavy atom. The maximum Gasteiger partial charge on any atom is 0.316 e. The van der Waals surface area contributed by atoms with E-state index in [-0.39, 0.29) is 17.8 Å². The van der Waals surface area contributed by atoms with Crippen LogP contribution >= 0.6 is 23.1 Å². The molecule has 1 heterocycles. The number of carbonyl (C=O) groups is 1. The second-order valence-corrected chi connectivity index (χ2v) is 5.82. The molecule has 0 aromatic carbocycles. The van der Waals surface area contributed by atoms with Crippen molar-refractivity contribution in [2.75, 3.05) is 11.5 Å². The molecule has 2 N–H and O–H groups in total. The summed E-state index contributed by atoms with van der Waals surface area (Å²) < 4.78 is 6.01. The van der Waals surface area contributed by atoms with E-state index in [0.717, 1.165) is 25.7 Å². The van der Waals surface area contributed by atoms with Crippen LogP contribution in [0.2, 0.25) is 0 Å². The zero-order valence-corrected chi connectivity index (χ0v) is 10.4. The van der Waals surface area contributed by atoms with Crippen molar-refractivity contribution in [2.24, 2.45) is 0 Å². The van der Waals surface area contributed by atoms with Crippen molar-refractivity contribution in [3.8, 4) is 0 Å². The van der Waals surface area contributed by atoms with Gasteiger partial charge in [0.05, 0.1) is 5.75 Å². The molecule has 0 unspecified atom stereocenters. The number of esters is 1. The summed E-state index contributed by atoms with van der Waals surface area (Å²) >= 11 is 2.61. The van der Waals surface area contributed by atoms with Crippen LogP contribution in [-0.4, -0.2) is 28.0 Å². The van der Waals surface area contributed by atoms with Gasteiger partial charge >= 0.3 is 5.97 Å². The number of ether oxygens (including phenoxy) is 1. The van der Waals surface area contributed by atoms with Gasteiger partial charge in [-0.3, -0.25) is 4.79 Å². The van der Waals surface area contributed by atoms with Crippen LogP contribution in [0.15, 0.2) is 4.34 Å². The first-order chi connectivity index (χ1) is 7.74. The fraction of sp³-hybridized carbons (Fsp3) is 0.667. The number of carbonyl (C=O) groups excluding carboxylic acids is 1. The summed E-state index contributed by atoms with van der Waals surface area (Å²) in [6.07, 6.45) is 4.47. The smallest absolute Gasteiger partial charge is 0.316 e. The molecule has 1 fully saturated rings. The third-order valence-electron chi connectivity index (χ3n) is 2.34. The summed E-state index contributed by atoms with van der Waals surface area (Å²) in [5.41, 5.74) is 5.43. The van der Waals surface area contributed by atoms with Gasteiger partial charge in [0.1, 0.15) is 6.10 Å². The lowest BCUT2D eigenvalue weighted by Gasteiger charge is -2.09. The maximum absolute atomic E-state index is 11.5. The lowest BCUT2D eigenvalue weighted by Crippen LogP contribution is -2.16. The molecule has 1 aromatic heterocycles. The highest BCUT2D eigenvalue weighted by molar-refractivity contribution is 8.01. The largest absolute Gasteiger partial charge is 0.462 e. The summed E-state index contributed by atoms with van der Waals surface area (Å²) in [5, 5.41) is 7.91. The average molecular weight is 259 g/mol. The zero-order valence-electron chi connectivity index (χ0n) is 8.72. The van der Waals surface area contributed by atoms with E-state index in [1.165, 1.54) is 23.1 Å². The van der Waals surface area contributed by atoms with Gasteiger partial charge in [0.25, 0.3) is 0 Å². The van der Waals surface area contributed by atoms with Crippen molar-refractivity contribution >= 4 is 34.2 Å². The van der Waals surface area contributed by atoms with E-state index in [2.05, 4.69) is 10.2 Å². The summed E-state index contributed by atoms with van der Waals surface area (Å²) in [6, 6.07) is 0. The van der Waals surface area contributed by atoms with Crippen molar-refractivity contribution in [2.45, 2.75) is 36.1 Å². The minimum absolute atomic E-state index is 0.132. The van der Waals surface area contributed by atoms with Crippen LogP contribution in [-0.2, 0) is 9.53 Å². The lowest BCUT2D eigenvalue weighted by molar-refractivity contribution is -0.145. The number of aromatic nitrogens is 2. The number of anilines is 1. The highest BCUT2D eigenvalue weighted by atomic mass is 32.2. The molecule has 0 amide bonds. The van der Waals surface area contributed by atoms with E-state index in [1.807, 2.05) is 0 Å². The van der Waals surface area contributed by atoms with Crippen LogP contribution in [0, 0.1) is 0 Å². The molecule has 0 aliphatic heterocycles. The Hall–Kier alpha value is -0.820. The Bertz CT molecular complexity index is 363. The van der Waals surface area contributed by atoms with Gasteiger partial charge < -0.3 is 10.5 Å². The Morgan fingerprint density at radius 1 is 1.50 bits per heavy atom. The van der Waals surface area contributed by atoms with E-state index in [4.69, 9.17) is 10.5 Å². The van der Waals surface area contributed by atoms with Gasteiger partial charge in [-0.15, -0.1) is 10.2 Å². The molecule has 16 heavy (non-hydrogen) atoms. The molecule has 7 heteroatoms. The number of nitrogens with zero attached hydrogens (tertiary/aromatic N) is 2. The molecule has 5 nitrogen and oxygen atoms in total. The van der Waals surface area contributed by atoms with Gasteiger partial charge in [0, 0.05) is 0 Å². The van der Waals surface area contributed by atoms with E-state index in [9.17, 15) is 4.79 Å². The van der Waals surface area contributed by atoms with Gasteiger partial charge in [-0.05, 0) is 25.7 Å². The zero-order chi connectivity index (χ0) is 11.4. The summed E-state index contributed by atoms with van der Waals surface area (Å²) in [5.74, 6) is 0.108. The van der Waals surface area contributed by atoms with Gasteiger partial charge in [0.2, 0.25) is 5.13 Å². The van der Waals surface area contributed by atoms with Gasteiger partial charge in [-0.25, -0.2) is 0 Å². The van der Waals surface area contributed by atoms with Crippen molar-refractivity contribution < 1.29 is 9.53 Å². The number of thioether (sulfide) groups is 1. The lowest BCUT2D eigenvalue weighted by atomic mass is 10.3. The first kappa shape index (κ1) is 11.7. The van der Waals surface area contributed by atoms with Gasteiger partial charge in [-0.2, -0.15) is 0 Å². The molecule has 0 saturated heterocycles. The minimum Gasteiger partial charge on any atom is -0.462 e. The SMILES string of the molecule is Nc1nnc(SCC(=O)OC2CCCC2)s1. The molecule has 0 atom stereocenters. The predicted octanol–water partition coefficient (Wildman–Crippen LogP) is 1.70. The fourth-order valence-corrected chi connectivity index (χ4v) is 3.04. The van der Waals surface area contributed by atoms with Crippen LogP contribution in [0.5, 0.6) is 0 Å². The molecule has 1 aliphatic rings. The summed E-state index contributed by atoms with van der Waals surface area (Å²) in [7, 11) is 0. The minimum atomic E-state index is -0.175. The third kappa shape index (κ3) is 3.34. The average Bonchev–Trinajstić information content (AvgIpc) is 2.87. The highest BCUT2D eigenvalue weighted by Gasteiger charge is 2.19. The second kappa shape index (κ2) is 5.49. The summed E-state index contributed by atoms with van der Waals surface area (Å²) in [4.78, 5) is 11.5. The van der Waals surface area contributed by atoms with Crippen LogP contribution < -0.4 is 5.73 Å². The monoisotopic (exact) mass is 259 g/mol. The van der Waals surface area contributed by atoms with E-state index in [0.29, 0.717) is 9.47 Å². The number of hydrogen-bond acceptors (Lipinski definition) is 7. The van der Waals surface area contributed by atoms with E-state index < -0.39 is 0 Å². The van der Waals surface area contributed by atoms with Crippen LogP contribution in [0.25, 0.3) is 0 Å². The number of rotatable bonds is 4. The van der Waals surface area contributed by atoms with Crippen LogP contribution in [0.3, 0.4) is 0 Å². The molecular formula is C9H13N3O2S2. The topological polar surface area (TPSA) is 78.1 Å². The van der Waals surface area contributed by atoms with Gasteiger partial charge in [-0.1, -0.05) is 23.1 Å². The molecule has 2 rings (SSSR count). The fourth-order valence-electron chi connectivity index (χ4n) is 1.63. The molecule has 0 bridgehead atoms. The van der Waals surface area contributed by atoms with Crippen molar-refractivity contribution in [3.63, 3.8) is 0 Å². The maximum atomic E-state index is 11.5. The Balaban J connectivity index is 1.71. The standard InChI is InChI=1S/C9H13N3O2S2/c10-8-11-12-9(16-8)15-5-7(13)14-6-3-1-2-4-6/h6H,1-5H2,(H2,10,11). The molecule has 0 spiro atoms. The first-order valence-electron chi connectivity index (χ1n) is 5.15. The van der Waals surface area contributed by atoms with Crippen LogP contribution in [0.4, 0.5) is 5.13 Å². The van der Waals surface area contributed by atoms with Crippen molar-refractivity contribution in [1.82, 2.24) is 10.2 Å². The highest BCUT2D eigenvalue weighted by Crippen LogP contribution is 2.25. The normalized spacial score (nSPS) is 16.5. The Labute approximate surface area is 102 Å². The third-order valence-corrected chi connectivity index (χ3v) is 4.20. The predicted molar refractivity (Wildman–Crippen MR) is 63.4 cm³/mol. The molecular weight excluding hydrogens is 246 g/mol. The van der Waals surface area contributed by atoms with Crippen molar-refractivity contribution in [3.05, 3.63) is 0 Å². The second-order valence-electron chi connectivity index (χ2n) is 3.59. The Morgan fingerprint density at radius 2 is 2.25 bits per heavy atom. The number of nitrogens with two attached hydrogens (primary N) is 1. The summed E-state index contributed by atoms with van der Waals surface area (Å²) in [6.45, 7) is 0. The van der Waals surface area contributed by atoms with Crippen LogP contribution in [0.1, 0.15) is 25.7 Å². The molecule has 1 saturated carbocycles.